The molecule has 7 nitrogen and oxygen atoms in total. The summed E-state index contributed by atoms with van der Waals surface area (Å²) in [5.41, 5.74) is 2.39. The number of carbonyl (C=O) groups excluding carboxylic acids is 2. The van der Waals surface area contributed by atoms with Gasteiger partial charge in [-0.1, -0.05) is 64.7 Å². The smallest absolute Gasteiger partial charge is 0.234 e. The van der Waals surface area contributed by atoms with E-state index in [1.54, 1.807) is 18.2 Å². The van der Waals surface area contributed by atoms with E-state index in [0.717, 1.165) is 15.7 Å². The molecule has 0 unspecified atom stereocenters. The average molecular weight is 585 g/mol. The molecule has 1 heterocycles. The maximum atomic E-state index is 12.6. The third-order valence-corrected chi connectivity index (χ3v) is 7.07. The summed E-state index contributed by atoms with van der Waals surface area (Å²) in [5.74, 6) is 0.547. The Bertz CT molecular complexity index is 1200. The normalized spacial score (nSPS) is 11.0. The molecule has 3 aromatic rings. The van der Waals surface area contributed by atoms with Crippen molar-refractivity contribution in [2.45, 2.75) is 44.8 Å². The van der Waals surface area contributed by atoms with Crippen LogP contribution in [0.2, 0.25) is 10.0 Å². The Morgan fingerprint density at radius 3 is 2.50 bits per heavy atom. The van der Waals surface area contributed by atoms with Crippen molar-refractivity contribution in [1.29, 1.82) is 0 Å². The second-order valence-corrected chi connectivity index (χ2v) is 10.4. The van der Waals surface area contributed by atoms with Crippen molar-refractivity contribution in [3.63, 3.8) is 0 Å². The number of aromatic nitrogens is 3. The fourth-order valence-electron chi connectivity index (χ4n) is 3.24. The molecule has 2 amide bonds. The van der Waals surface area contributed by atoms with Gasteiger partial charge in [0.05, 0.1) is 22.2 Å². The number of thioether (sulfide) groups is 1. The molecule has 0 saturated carbocycles. The van der Waals surface area contributed by atoms with Crippen LogP contribution in [0.4, 0.5) is 11.4 Å². The molecule has 0 aliphatic rings. The first-order valence-corrected chi connectivity index (χ1v) is 13.1. The minimum atomic E-state index is -0.258. The molecule has 11 heteroatoms. The third-order valence-electron chi connectivity index (χ3n) is 4.87. The van der Waals surface area contributed by atoms with Crippen LogP contribution in [-0.2, 0) is 22.6 Å². The predicted octanol–water partition coefficient (Wildman–Crippen LogP) is 6.40. The number of carbonyl (C=O) groups is 2. The Hall–Kier alpha value is -2.07. The summed E-state index contributed by atoms with van der Waals surface area (Å²) in [4.78, 5) is 25.1. The topological polar surface area (TPSA) is 88.9 Å². The second-order valence-electron chi connectivity index (χ2n) is 7.72. The Labute approximate surface area is 221 Å². The van der Waals surface area contributed by atoms with Gasteiger partial charge in [0.2, 0.25) is 11.8 Å². The van der Waals surface area contributed by atoms with Crippen molar-refractivity contribution in [3.8, 4) is 0 Å². The summed E-state index contributed by atoms with van der Waals surface area (Å²) in [7, 11) is 0. The van der Waals surface area contributed by atoms with E-state index < -0.39 is 0 Å². The number of hydrogen-bond donors (Lipinski definition) is 2. The molecule has 34 heavy (non-hydrogen) atoms. The van der Waals surface area contributed by atoms with Crippen molar-refractivity contribution >= 4 is 74.1 Å². The van der Waals surface area contributed by atoms with Crippen molar-refractivity contribution in [2.24, 2.45) is 0 Å². The van der Waals surface area contributed by atoms with Crippen LogP contribution in [0.25, 0.3) is 0 Å². The molecule has 2 aromatic carbocycles. The molecule has 0 spiro atoms. The first-order valence-electron chi connectivity index (χ1n) is 10.6. The lowest BCUT2D eigenvalue weighted by atomic mass is 10.0. The number of anilines is 2. The average Bonchev–Trinajstić information content (AvgIpc) is 3.17. The Balaban J connectivity index is 1.61. The monoisotopic (exact) mass is 583 g/mol. The molecule has 2 N–H and O–H groups in total. The zero-order chi connectivity index (χ0) is 24.8. The van der Waals surface area contributed by atoms with Gasteiger partial charge < -0.3 is 15.2 Å². The zero-order valence-electron chi connectivity index (χ0n) is 18.9. The number of amides is 2. The van der Waals surface area contributed by atoms with E-state index in [4.69, 9.17) is 23.2 Å². The van der Waals surface area contributed by atoms with Crippen molar-refractivity contribution in [3.05, 3.63) is 62.3 Å². The van der Waals surface area contributed by atoms with E-state index in [1.165, 1.54) is 11.8 Å². The number of hydrogen-bond acceptors (Lipinski definition) is 5. The van der Waals surface area contributed by atoms with E-state index in [2.05, 4.69) is 50.6 Å². The first kappa shape index (κ1) is 26.5. The summed E-state index contributed by atoms with van der Waals surface area (Å²) < 4.78 is 2.79. The molecule has 0 saturated heterocycles. The van der Waals surface area contributed by atoms with Crippen LogP contribution in [0.3, 0.4) is 0 Å². The van der Waals surface area contributed by atoms with Crippen LogP contribution in [-0.4, -0.2) is 32.3 Å². The van der Waals surface area contributed by atoms with Crippen LogP contribution < -0.4 is 10.6 Å². The number of rotatable bonds is 9. The molecule has 0 aliphatic carbocycles. The lowest BCUT2D eigenvalue weighted by Gasteiger charge is -2.14. The highest BCUT2D eigenvalue weighted by Crippen LogP contribution is 2.28. The lowest BCUT2D eigenvalue weighted by molar-refractivity contribution is -0.116. The van der Waals surface area contributed by atoms with Crippen LogP contribution in [0.1, 0.15) is 38.1 Å². The standard InChI is InChI=1S/C23H24BrCl2N5O2S/c1-4-31-20(11-21(32)27-15-6-7-17(25)18(26)10-15)29-30-23(31)34-12-22(33)28-19-8-5-14(24)9-16(19)13(2)3/h5-10,13H,4,11-12H2,1-3H3,(H,27,32)(H,28,33). The van der Waals surface area contributed by atoms with Crippen LogP contribution in [0.15, 0.2) is 46.0 Å². The Kier molecular flexibility index (Phi) is 9.41. The van der Waals surface area contributed by atoms with E-state index in [9.17, 15) is 9.59 Å². The molecule has 0 radical (unpaired) electrons. The summed E-state index contributed by atoms with van der Waals surface area (Å²) >= 11 is 16.7. The van der Waals surface area contributed by atoms with Gasteiger partial charge in [0.25, 0.3) is 0 Å². The van der Waals surface area contributed by atoms with Gasteiger partial charge in [-0.2, -0.15) is 0 Å². The number of nitrogens with one attached hydrogen (secondary N) is 2. The maximum absolute atomic E-state index is 12.6. The molecule has 3 rings (SSSR count). The molecular weight excluding hydrogens is 561 g/mol. The summed E-state index contributed by atoms with van der Waals surface area (Å²) in [6.07, 6.45) is 0.0322. The molecule has 180 valence electrons. The largest absolute Gasteiger partial charge is 0.326 e. The highest BCUT2D eigenvalue weighted by molar-refractivity contribution is 9.10. The second kappa shape index (κ2) is 12.1. The third kappa shape index (κ3) is 6.97. The summed E-state index contributed by atoms with van der Waals surface area (Å²) in [6.45, 7) is 6.66. The number of benzene rings is 2. The maximum Gasteiger partial charge on any atom is 0.234 e. The highest BCUT2D eigenvalue weighted by atomic mass is 79.9. The van der Waals surface area contributed by atoms with E-state index in [1.807, 2.05) is 29.7 Å². The zero-order valence-corrected chi connectivity index (χ0v) is 22.8. The molecule has 1 aromatic heterocycles. The van der Waals surface area contributed by atoms with Crippen LogP contribution in [0, 0.1) is 0 Å². The molecule has 0 bridgehead atoms. The van der Waals surface area contributed by atoms with Gasteiger partial charge in [-0.15, -0.1) is 10.2 Å². The van der Waals surface area contributed by atoms with Crippen molar-refractivity contribution in [2.75, 3.05) is 16.4 Å². The molecule has 0 atom stereocenters. The van der Waals surface area contributed by atoms with Crippen molar-refractivity contribution in [1.82, 2.24) is 14.8 Å². The van der Waals surface area contributed by atoms with Gasteiger partial charge >= 0.3 is 0 Å². The Morgan fingerprint density at radius 1 is 1.06 bits per heavy atom. The number of halogens is 3. The Morgan fingerprint density at radius 2 is 1.82 bits per heavy atom. The van der Waals surface area contributed by atoms with Gasteiger partial charge in [-0.05, 0) is 54.8 Å². The highest BCUT2D eigenvalue weighted by Gasteiger charge is 2.17. The quantitative estimate of drug-likeness (QED) is 0.284. The van der Waals surface area contributed by atoms with Gasteiger partial charge in [0.1, 0.15) is 5.82 Å². The summed E-state index contributed by atoms with van der Waals surface area (Å²) in [6, 6.07) is 10.7. The fraction of sp³-hybridized carbons (Fsp3) is 0.304. The lowest BCUT2D eigenvalue weighted by Crippen LogP contribution is -2.18. The van der Waals surface area contributed by atoms with Gasteiger partial charge in [0, 0.05) is 22.4 Å². The fourth-order valence-corrected chi connectivity index (χ4v) is 4.74. The van der Waals surface area contributed by atoms with Gasteiger partial charge in [-0.3, -0.25) is 9.59 Å². The van der Waals surface area contributed by atoms with Crippen LogP contribution in [0.5, 0.6) is 0 Å². The van der Waals surface area contributed by atoms with Crippen LogP contribution >= 0.6 is 50.9 Å². The SMILES string of the molecule is CCn1c(CC(=O)Nc2ccc(Cl)c(Cl)c2)nnc1SCC(=O)Nc1ccc(Br)cc1C(C)C. The molecular formula is C23H24BrCl2N5O2S. The summed E-state index contributed by atoms with van der Waals surface area (Å²) in [5, 5.41) is 15.4. The molecule has 0 aliphatic heterocycles. The molecule has 0 fully saturated rings. The predicted molar refractivity (Wildman–Crippen MR) is 142 cm³/mol. The minimum Gasteiger partial charge on any atom is -0.326 e. The van der Waals surface area contributed by atoms with Gasteiger partial charge in [-0.25, -0.2) is 0 Å². The van der Waals surface area contributed by atoms with Gasteiger partial charge in [0.15, 0.2) is 5.16 Å². The van der Waals surface area contributed by atoms with E-state index in [0.29, 0.717) is 33.3 Å². The minimum absolute atomic E-state index is 0.0322. The first-order chi connectivity index (χ1) is 16.2. The van der Waals surface area contributed by atoms with E-state index >= 15 is 0 Å². The van der Waals surface area contributed by atoms with E-state index in [-0.39, 0.29) is 29.9 Å². The number of nitrogens with zero attached hydrogens (tertiary/aromatic N) is 3. The van der Waals surface area contributed by atoms with Crippen molar-refractivity contribution < 1.29 is 9.59 Å².